The van der Waals surface area contributed by atoms with E-state index in [2.05, 4.69) is 47.6 Å². The van der Waals surface area contributed by atoms with Crippen molar-refractivity contribution in [3.63, 3.8) is 0 Å². The third-order valence-corrected chi connectivity index (χ3v) is 3.56. The Morgan fingerprint density at radius 2 is 1.56 bits per heavy atom. The second kappa shape index (κ2) is 4.77. The maximum Gasteiger partial charge on any atom is 0.122 e. The second-order valence-electron chi connectivity index (χ2n) is 7.08. The van der Waals surface area contributed by atoms with Gasteiger partial charge in [0.15, 0.2) is 0 Å². The van der Waals surface area contributed by atoms with Crippen LogP contribution in [0.5, 0.6) is 5.75 Å². The van der Waals surface area contributed by atoms with Gasteiger partial charge in [0.05, 0.1) is 0 Å². The van der Waals surface area contributed by atoms with Gasteiger partial charge in [-0.2, -0.15) is 0 Å². The van der Waals surface area contributed by atoms with Gasteiger partial charge in [0, 0.05) is 11.4 Å². The Labute approximate surface area is 116 Å². The minimum atomic E-state index is -0.111. The summed E-state index contributed by atoms with van der Waals surface area (Å²) in [6.07, 6.45) is 0. The maximum absolute atomic E-state index is 10.4. The monoisotopic (exact) mass is 268 g/mol. The number of alkyl halides is 1. The number of hydrogen-bond acceptors (Lipinski definition) is 1. The van der Waals surface area contributed by atoms with Crippen LogP contribution < -0.4 is 0 Å². The van der Waals surface area contributed by atoms with E-state index in [-0.39, 0.29) is 10.8 Å². The third kappa shape index (κ3) is 2.83. The van der Waals surface area contributed by atoms with Crippen molar-refractivity contribution in [2.45, 2.75) is 65.2 Å². The minimum Gasteiger partial charge on any atom is -0.507 e. The van der Waals surface area contributed by atoms with E-state index in [1.165, 1.54) is 5.56 Å². The molecule has 2 heteroatoms. The highest BCUT2D eigenvalue weighted by atomic mass is 35.5. The highest BCUT2D eigenvalue weighted by Gasteiger charge is 2.28. The average Bonchev–Trinajstić information content (AvgIpc) is 2.17. The van der Waals surface area contributed by atoms with Gasteiger partial charge in [-0.15, -0.1) is 11.6 Å². The predicted molar refractivity (Wildman–Crippen MR) is 79.8 cm³/mol. The summed E-state index contributed by atoms with van der Waals surface area (Å²) < 4.78 is 0. The summed E-state index contributed by atoms with van der Waals surface area (Å²) >= 11 is 6.16. The minimum absolute atomic E-state index is 0.0304. The van der Waals surface area contributed by atoms with Gasteiger partial charge in [0.25, 0.3) is 0 Å². The first kappa shape index (κ1) is 15.4. The molecule has 0 saturated heterocycles. The van der Waals surface area contributed by atoms with E-state index in [1.807, 2.05) is 6.92 Å². The number of aryl methyl sites for hydroxylation is 1. The van der Waals surface area contributed by atoms with Crippen LogP contribution in [0, 0.1) is 6.92 Å². The van der Waals surface area contributed by atoms with Crippen LogP contribution in [0.25, 0.3) is 0 Å². The van der Waals surface area contributed by atoms with Crippen molar-refractivity contribution in [2.24, 2.45) is 0 Å². The zero-order valence-electron chi connectivity index (χ0n) is 12.6. The Morgan fingerprint density at radius 1 is 1.06 bits per heavy atom. The summed E-state index contributed by atoms with van der Waals surface area (Å²) in [4.78, 5) is 0. The van der Waals surface area contributed by atoms with Gasteiger partial charge in [-0.3, -0.25) is 0 Å². The van der Waals surface area contributed by atoms with Crippen LogP contribution in [0.1, 0.15) is 63.8 Å². The Bertz CT molecular complexity index is 448. The van der Waals surface area contributed by atoms with Crippen LogP contribution >= 0.6 is 11.6 Å². The topological polar surface area (TPSA) is 20.2 Å². The molecule has 0 aliphatic carbocycles. The quantitative estimate of drug-likeness (QED) is 0.708. The number of rotatable bonds is 1. The molecule has 1 N–H and O–H groups in total. The molecule has 0 amide bonds. The lowest BCUT2D eigenvalue weighted by molar-refractivity contribution is 0.438. The molecule has 0 aromatic heterocycles. The normalized spacial score (nSPS) is 12.9. The van der Waals surface area contributed by atoms with Crippen molar-refractivity contribution in [2.75, 3.05) is 0 Å². The molecule has 1 aromatic rings. The maximum atomic E-state index is 10.4. The van der Waals surface area contributed by atoms with Crippen molar-refractivity contribution in [1.82, 2.24) is 0 Å². The summed E-state index contributed by atoms with van der Waals surface area (Å²) in [6.45, 7) is 14.8. The van der Waals surface area contributed by atoms with E-state index in [0.29, 0.717) is 11.6 Å². The van der Waals surface area contributed by atoms with Gasteiger partial charge in [0.2, 0.25) is 0 Å². The van der Waals surface area contributed by atoms with Crippen LogP contribution in [-0.4, -0.2) is 5.11 Å². The van der Waals surface area contributed by atoms with E-state index in [4.69, 9.17) is 11.6 Å². The first-order valence-corrected chi connectivity index (χ1v) is 6.96. The molecule has 0 fully saturated rings. The average molecular weight is 269 g/mol. The highest BCUT2D eigenvalue weighted by Crippen LogP contribution is 2.41. The molecule has 1 aromatic carbocycles. The molecular weight excluding hydrogens is 244 g/mol. The van der Waals surface area contributed by atoms with Gasteiger partial charge in [0.1, 0.15) is 5.75 Å². The lowest BCUT2D eigenvalue weighted by atomic mass is 9.75. The molecule has 0 heterocycles. The fraction of sp³-hybridized carbons (Fsp3) is 0.625. The summed E-state index contributed by atoms with van der Waals surface area (Å²) in [5, 5.41) is 10.4. The first-order chi connectivity index (χ1) is 8.00. The van der Waals surface area contributed by atoms with Gasteiger partial charge in [-0.05, 0) is 34.4 Å². The Morgan fingerprint density at radius 3 is 1.89 bits per heavy atom. The number of aromatic hydroxyl groups is 1. The number of halogens is 1. The second-order valence-corrected chi connectivity index (χ2v) is 7.34. The molecule has 0 spiro atoms. The number of phenols is 1. The van der Waals surface area contributed by atoms with Crippen LogP contribution in [0.2, 0.25) is 0 Å². The summed E-state index contributed by atoms with van der Waals surface area (Å²) in [5.41, 5.74) is 4.15. The molecule has 0 aliphatic rings. The molecule has 1 rings (SSSR count). The van der Waals surface area contributed by atoms with Crippen LogP contribution in [-0.2, 0) is 16.7 Å². The third-order valence-electron chi connectivity index (χ3n) is 3.29. The van der Waals surface area contributed by atoms with Crippen molar-refractivity contribution < 1.29 is 5.11 Å². The number of phenolic OH excluding ortho intramolecular Hbond substituents is 1. The van der Waals surface area contributed by atoms with Gasteiger partial charge < -0.3 is 5.11 Å². The van der Waals surface area contributed by atoms with E-state index >= 15 is 0 Å². The van der Waals surface area contributed by atoms with E-state index in [0.717, 1.165) is 16.7 Å². The Balaban J connectivity index is 3.74. The highest BCUT2D eigenvalue weighted by molar-refractivity contribution is 6.17. The van der Waals surface area contributed by atoms with Crippen LogP contribution in [0.3, 0.4) is 0 Å². The Hall–Kier alpha value is -0.690. The number of hydrogen-bond donors (Lipinski definition) is 1. The van der Waals surface area contributed by atoms with E-state index in [9.17, 15) is 5.11 Å². The summed E-state index contributed by atoms with van der Waals surface area (Å²) in [7, 11) is 0. The fourth-order valence-corrected chi connectivity index (χ4v) is 2.74. The van der Waals surface area contributed by atoms with Crippen LogP contribution in [0.15, 0.2) is 6.07 Å². The zero-order chi connectivity index (χ0) is 14.3. The Kier molecular flexibility index (Phi) is 4.07. The number of benzene rings is 1. The summed E-state index contributed by atoms with van der Waals surface area (Å²) in [6, 6.07) is 2.07. The largest absolute Gasteiger partial charge is 0.507 e. The molecule has 1 nitrogen and oxygen atoms in total. The first-order valence-electron chi connectivity index (χ1n) is 6.42. The van der Waals surface area contributed by atoms with Gasteiger partial charge >= 0.3 is 0 Å². The zero-order valence-corrected chi connectivity index (χ0v) is 13.4. The lowest BCUT2D eigenvalue weighted by Gasteiger charge is -2.31. The fourth-order valence-electron chi connectivity index (χ4n) is 2.46. The van der Waals surface area contributed by atoms with Gasteiger partial charge in [-0.1, -0.05) is 47.6 Å². The van der Waals surface area contributed by atoms with Crippen molar-refractivity contribution >= 4 is 11.6 Å². The molecule has 102 valence electrons. The molecular formula is C16H25ClO. The predicted octanol–water partition coefficient (Wildman–Crippen LogP) is 5.03. The molecule has 0 radical (unpaired) electrons. The standard InChI is InChI=1S/C16H25ClO/c1-10-8-12(15(2,3)4)11(9-17)13(14(10)18)16(5,6)7/h8,18H,9H2,1-7H3. The van der Waals surface area contributed by atoms with E-state index < -0.39 is 0 Å². The smallest absolute Gasteiger partial charge is 0.122 e. The van der Waals surface area contributed by atoms with Crippen molar-refractivity contribution in [3.8, 4) is 5.75 Å². The SMILES string of the molecule is Cc1cc(C(C)(C)C)c(CCl)c(C(C)(C)C)c1O. The summed E-state index contributed by atoms with van der Waals surface area (Å²) in [5.74, 6) is 0.832. The molecule has 0 saturated carbocycles. The lowest BCUT2D eigenvalue weighted by Crippen LogP contribution is -2.21. The molecule has 18 heavy (non-hydrogen) atoms. The molecule has 0 unspecified atom stereocenters. The van der Waals surface area contributed by atoms with Crippen LogP contribution in [0.4, 0.5) is 0 Å². The van der Waals surface area contributed by atoms with E-state index in [1.54, 1.807) is 0 Å². The molecule has 0 bridgehead atoms. The molecule has 0 atom stereocenters. The van der Waals surface area contributed by atoms with Crippen molar-refractivity contribution in [3.05, 3.63) is 28.3 Å². The van der Waals surface area contributed by atoms with Crippen molar-refractivity contribution in [1.29, 1.82) is 0 Å². The van der Waals surface area contributed by atoms with Gasteiger partial charge in [-0.25, -0.2) is 0 Å². The molecule has 0 aliphatic heterocycles.